The molecule has 2 fully saturated rings. The van der Waals surface area contributed by atoms with E-state index in [0.717, 1.165) is 42.8 Å². The largest absolute Gasteiger partial charge is 0.493 e. The van der Waals surface area contributed by atoms with Crippen LogP contribution in [0.4, 0.5) is 0 Å². The predicted molar refractivity (Wildman–Crippen MR) is 139 cm³/mol. The molecule has 184 valence electrons. The van der Waals surface area contributed by atoms with Gasteiger partial charge in [0.05, 0.1) is 7.11 Å². The Morgan fingerprint density at radius 2 is 1.85 bits per heavy atom. The fourth-order valence-electron chi connectivity index (χ4n) is 7.38. The lowest BCUT2D eigenvalue weighted by molar-refractivity contribution is 0.0408. The normalized spacial score (nSPS) is 29.9. The minimum absolute atomic E-state index is 0.438. The SMILES string of the molecule is COc1cc2c(cc1OCc1ccccc1)CCC1C2CCC2(C)C1CC[C@@H]2NCCN(C)C. The zero-order valence-corrected chi connectivity index (χ0v) is 21.5. The summed E-state index contributed by atoms with van der Waals surface area (Å²) in [5, 5.41) is 3.94. The Balaban J connectivity index is 1.32. The zero-order chi connectivity index (χ0) is 23.7. The second-order valence-corrected chi connectivity index (χ2v) is 11.3. The van der Waals surface area contributed by atoms with Crippen LogP contribution >= 0.6 is 0 Å². The molecule has 3 aliphatic rings. The van der Waals surface area contributed by atoms with Crippen LogP contribution in [0.1, 0.15) is 61.6 Å². The third-order valence-corrected chi connectivity index (χ3v) is 9.20. The topological polar surface area (TPSA) is 33.7 Å². The number of nitrogens with zero attached hydrogens (tertiary/aromatic N) is 1. The molecule has 4 heteroatoms. The molecule has 0 heterocycles. The first kappa shape index (κ1) is 23.7. The highest BCUT2D eigenvalue weighted by Crippen LogP contribution is 2.61. The molecule has 2 saturated carbocycles. The standard InChI is InChI=1S/C30H42N2O2/c1-30-15-14-23-24(26(30)12-13-29(30)31-16-17-32(2)3)11-10-22-18-28(27(33-4)19-25(22)23)34-20-21-8-6-5-7-9-21/h5-9,18-19,23-24,26,29,31H,10-17,20H2,1-4H3/t23?,24?,26?,29-,30?/m0/s1. The van der Waals surface area contributed by atoms with Crippen molar-refractivity contribution in [2.75, 3.05) is 34.3 Å². The first-order valence-corrected chi connectivity index (χ1v) is 13.2. The molecule has 0 radical (unpaired) electrons. The van der Waals surface area contributed by atoms with Crippen molar-refractivity contribution >= 4 is 0 Å². The molecule has 3 aliphatic carbocycles. The minimum atomic E-state index is 0.438. The van der Waals surface area contributed by atoms with E-state index < -0.39 is 0 Å². The van der Waals surface area contributed by atoms with Crippen molar-refractivity contribution in [1.82, 2.24) is 10.2 Å². The van der Waals surface area contributed by atoms with Gasteiger partial charge in [0.25, 0.3) is 0 Å². The maximum atomic E-state index is 6.23. The average molecular weight is 463 g/mol. The van der Waals surface area contributed by atoms with Gasteiger partial charge in [-0.25, -0.2) is 0 Å². The van der Waals surface area contributed by atoms with Crippen LogP contribution in [0.5, 0.6) is 11.5 Å². The summed E-state index contributed by atoms with van der Waals surface area (Å²) in [6.45, 7) is 5.38. The Morgan fingerprint density at radius 3 is 2.62 bits per heavy atom. The van der Waals surface area contributed by atoms with Gasteiger partial charge in [-0.1, -0.05) is 37.3 Å². The summed E-state index contributed by atoms with van der Waals surface area (Å²) < 4.78 is 12.1. The van der Waals surface area contributed by atoms with Gasteiger partial charge < -0.3 is 19.7 Å². The van der Waals surface area contributed by atoms with Crippen molar-refractivity contribution in [1.29, 1.82) is 0 Å². The molecule has 1 N–H and O–H groups in total. The number of ether oxygens (including phenoxy) is 2. The van der Waals surface area contributed by atoms with Gasteiger partial charge in [0, 0.05) is 19.1 Å². The van der Waals surface area contributed by atoms with E-state index in [1.807, 2.05) is 6.07 Å². The molecule has 2 aromatic rings. The molecule has 5 atom stereocenters. The molecule has 34 heavy (non-hydrogen) atoms. The van der Waals surface area contributed by atoms with E-state index in [4.69, 9.17) is 9.47 Å². The molecular formula is C30H42N2O2. The van der Waals surface area contributed by atoms with Crippen molar-refractivity contribution < 1.29 is 9.47 Å². The van der Waals surface area contributed by atoms with Crippen molar-refractivity contribution in [2.45, 2.75) is 64.0 Å². The Morgan fingerprint density at radius 1 is 1.03 bits per heavy atom. The van der Waals surface area contributed by atoms with Gasteiger partial charge in [0.2, 0.25) is 0 Å². The van der Waals surface area contributed by atoms with Crippen LogP contribution in [-0.4, -0.2) is 45.2 Å². The minimum Gasteiger partial charge on any atom is -0.493 e. The number of nitrogens with one attached hydrogen (secondary N) is 1. The van der Waals surface area contributed by atoms with E-state index in [2.05, 4.69) is 67.6 Å². The lowest BCUT2D eigenvalue weighted by Crippen LogP contribution is -2.49. The Labute approximate surface area is 206 Å². The number of benzene rings is 2. The third-order valence-electron chi connectivity index (χ3n) is 9.20. The Kier molecular flexibility index (Phi) is 6.90. The molecule has 0 bridgehead atoms. The van der Waals surface area contributed by atoms with Crippen LogP contribution in [-0.2, 0) is 13.0 Å². The van der Waals surface area contributed by atoms with E-state index in [0.29, 0.717) is 24.0 Å². The number of likely N-dealkylation sites (N-methyl/N-ethyl adjacent to an activating group) is 1. The number of fused-ring (bicyclic) bond motifs is 5. The number of hydrogen-bond donors (Lipinski definition) is 1. The molecule has 4 unspecified atom stereocenters. The summed E-state index contributed by atoms with van der Waals surface area (Å²) in [4.78, 5) is 2.28. The molecule has 5 rings (SSSR count). The summed E-state index contributed by atoms with van der Waals surface area (Å²) in [6.07, 6.45) is 7.80. The van der Waals surface area contributed by atoms with Crippen molar-refractivity contribution in [3.05, 3.63) is 59.2 Å². The molecule has 0 saturated heterocycles. The van der Waals surface area contributed by atoms with Crippen LogP contribution in [0.3, 0.4) is 0 Å². The van der Waals surface area contributed by atoms with Crippen LogP contribution in [0.2, 0.25) is 0 Å². The monoisotopic (exact) mass is 462 g/mol. The van der Waals surface area contributed by atoms with E-state index in [1.54, 1.807) is 7.11 Å². The highest BCUT2D eigenvalue weighted by atomic mass is 16.5. The zero-order valence-electron chi connectivity index (χ0n) is 21.5. The Hall–Kier alpha value is -2.04. The fraction of sp³-hybridized carbons (Fsp3) is 0.600. The first-order chi connectivity index (χ1) is 16.5. The van der Waals surface area contributed by atoms with Gasteiger partial charge >= 0.3 is 0 Å². The molecule has 0 aliphatic heterocycles. The fourth-order valence-corrected chi connectivity index (χ4v) is 7.38. The molecule has 0 aromatic heterocycles. The second kappa shape index (κ2) is 9.91. The lowest BCUT2D eigenvalue weighted by Gasteiger charge is -2.51. The van der Waals surface area contributed by atoms with E-state index in [1.165, 1.54) is 48.8 Å². The lowest BCUT2D eigenvalue weighted by atomic mass is 9.55. The van der Waals surface area contributed by atoms with Gasteiger partial charge in [-0.3, -0.25) is 0 Å². The number of methoxy groups -OCH3 is 1. The number of rotatable bonds is 8. The maximum absolute atomic E-state index is 6.23. The predicted octanol–water partition coefficient (Wildman–Crippen LogP) is 5.65. The third kappa shape index (κ3) is 4.47. The van der Waals surface area contributed by atoms with Gasteiger partial charge in [-0.05, 0) is 105 Å². The number of aryl methyl sites for hydroxylation is 1. The van der Waals surface area contributed by atoms with E-state index in [-0.39, 0.29) is 0 Å². The molecule has 4 nitrogen and oxygen atoms in total. The Bertz CT molecular complexity index is 975. The summed E-state index contributed by atoms with van der Waals surface area (Å²) in [7, 11) is 6.10. The quantitative estimate of drug-likeness (QED) is 0.550. The van der Waals surface area contributed by atoms with Crippen LogP contribution in [0.15, 0.2) is 42.5 Å². The van der Waals surface area contributed by atoms with Gasteiger partial charge in [0.15, 0.2) is 11.5 Å². The van der Waals surface area contributed by atoms with E-state index in [9.17, 15) is 0 Å². The van der Waals surface area contributed by atoms with Crippen molar-refractivity contribution in [2.24, 2.45) is 17.3 Å². The van der Waals surface area contributed by atoms with Gasteiger partial charge in [0.1, 0.15) is 6.61 Å². The molecule has 0 amide bonds. The van der Waals surface area contributed by atoms with Crippen LogP contribution in [0.25, 0.3) is 0 Å². The highest BCUT2D eigenvalue weighted by Gasteiger charge is 2.54. The molecule has 0 spiro atoms. The van der Waals surface area contributed by atoms with E-state index >= 15 is 0 Å². The summed E-state index contributed by atoms with van der Waals surface area (Å²) >= 11 is 0. The molecular weight excluding hydrogens is 420 g/mol. The maximum Gasteiger partial charge on any atom is 0.161 e. The van der Waals surface area contributed by atoms with Gasteiger partial charge in [-0.2, -0.15) is 0 Å². The van der Waals surface area contributed by atoms with Crippen molar-refractivity contribution in [3.63, 3.8) is 0 Å². The summed E-state index contributed by atoms with van der Waals surface area (Å²) in [5.74, 6) is 4.07. The van der Waals surface area contributed by atoms with Gasteiger partial charge in [-0.15, -0.1) is 0 Å². The summed E-state index contributed by atoms with van der Waals surface area (Å²) in [5.41, 5.74) is 4.64. The number of hydrogen-bond acceptors (Lipinski definition) is 4. The van der Waals surface area contributed by atoms with Crippen LogP contribution in [0, 0.1) is 17.3 Å². The van der Waals surface area contributed by atoms with Crippen LogP contribution < -0.4 is 14.8 Å². The average Bonchev–Trinajstić information content (AvgIpc) is 3.18. The smallest absolute Gasteiger partial charge is 0.161 e. The first-order valence-electron chi connectivity index (χ1n) is 13.2. The highest BCUT2D eigenvalue weighted by molar-refractivity contribution is 5.50. The second-order valence-electron chi connectivity index (χ2n) is 11.3. The molecule has 2 aromatic carbocycles. The summed E-state index contributed by atoms with van der Waals surface area (Å²) in [6, 6.07) is 15.6. The van der Waals surface area contributed by atoms with Crippen molar-refractivity contribution in [3.8, 4) is 11.5 Å².